The molecule has 4 rings (SSSR count). The maximum absolute atomic E-state index is 12.9. The first-order valence-corrected chi connectivity index (χ1v) is 9.28. The van der Waals surface area contributed by atoms with Crippen molar-refractivity contribution in [1.82, 2.24) is 14.9 Å². The van der Waals surface area contributed by atoms with E-state index in [0.717, 1.165) is 16.5 Å². The molecule has 3 heterocycles. The molecule has 0 bridgehead atoms. The molecule has 1 aromatic carbocycles. The average Bonchev–Trinajstić information content (AvgIpc) is 3.29. The van der Waals surface area contributed by atoms with Gasteiger partial charge in [-0.1, -0.05) is 32.0 Å². The molecule has 1 N–H and O–H groups in total. The number of amides is 1. The quantitative estimate of drug-likeness (QED) is 0.769. The topological polar surface area (TPSA) is 79.5 Å². The Morgan fingerprint density at radius 2 is 2.07 bits per heavy atom. The summed E-state index contributed by atoms with van der Waals surface area (Å²) >= 11 is 0. The monoisotopic (exact) mass is 365 g/mol. The van der Waals surface area contributed by atoms with Crippen molar-refractivity contribution in [2.75, 3.05) is 13.1 Å². The molecule has 0 unspecified atom stereocenters. The van der Waals surface area contributed by atoms with Crippen molar-refractivity contribution in [3.8, 4) is 0 Å². The van der Waals surface area contributed by atoms with Gasteiger partial charge in [-0.25, -0.2) is 4.98 Å². The minimum Gasteiger partial charge on any atom is -0.447 e. The summed E-state index contributed by atoms with van der Waals surface area (Å²) < 4.78 is 5.38. The average molecular weight is 365 g/mol. The Morgan fingerprint density at radius 3 is 2.89 bits per heavy atom. The summed E-state index contributed by atoms with van der Waals surface area (Å²) in [6.45, 7) is 4.75. The molecule has 0 saturated carbocycles. The Labute approximate surface area is 157 Å². The zero-order valence-corrected chi connectivity index (χ0v) is 15.5. The first-order valence-electron chi connectivity index (χ1n) is 9.28. The molecule has 0 aliphatic carbocycles. The summed E-state index contributed by atoms with van der Waals surface area (Å²) in [4.78, 5) is 23.1. The van der Waals surface area contributed by atoms with Crippen LogP contribution in [-0.2, 0) is 6.42 Å². The Morgan fingerprint density at radius 1 is 1.26 bits per heavy atom. The number of β-amino-alcohol motifs (C(OH)–C–C–N with tert-alkyl or cyclic N) is 1. The van der Waals surface area contributed by atoms with E-state index in [1.165, 1.54) is 6.39 Å². The van der Waals surface area contributed by atoms with E-state index in [0.29, 0.717) is 31.0 Å². The van der Waals surface area contributed by atoms with Gasteiger partial charge in [0.1, 0.15) is 5.76 Å². The highest BCUT2D eigenvalue weighted by atomic mass is 16.3. The number of carbonyl (C=O) groups excluding carboxylic acids is 1. The fourth-order valence-corrected chi connectivity index (χ4v) is 3.81. The van der Waals surface area contributed by atoms with Gasteiger partial charge in [0.25, 0.3) is 5.91 Å². The van der Waals surface area contributed by atoms with Gasteiger partial charge in [0.05, 0.1) is 11.6 Å². The van der Waals surface area contributed by atoms with Crippen LogP contribution in [0.2, 0.25) is 0 Å². The van der Waals surface area contributed by atoms with Gasteiger partial charge in [0, 0.05) is 36.5 Å². The molecule has 1 fully saturated rings. The van der Waals surface area contributed by atoms with Crippen LogP contribution in [0.5, 0.6) is 0 Å². The number of pyridine rings is 1. The molecule has 140 valence electrons. The normalized spacial score (nSPS) is 19.9. The Bertz CT molecular complexity index is 961. The molecule has 27 heavy (non-hydrogen) atoms. The Kier molecular flexibility index (Phi) is 4.66. The van der Waals surface area contributed by atoms with Crippen LogP contribution in [0.4, 0.5) is 0 Å². The zero-order chi connectivity index (χ0) is 19.0. The van der Waals surface area contributed by atoms with Crippen molar-refractivity contribution in [2.45, 2.75) is 32.3 Å². The molecule has 1 amide bonds. The molecule has 6 heteroatoms. The largest absolute Gasteiger partial charge is 0.447 e. The van der Waals surface area contributed by atoms with Gasteiger partial charge in [-0.2, -0.15) is 0 Å². The van der Waals surface area contributed by atoms with Crippen LogP contribution in [0.15, 0.2) is 47.3 Å². The highest BCUT2D eigenvalue weighted by Crippen LogP contribution is 2.27. The Balaban J connectivity index is 1.53. The third-order valence-electron chi connectivity index (χ3n) is 5.24. The highest BCUT2D eigenvalue weighted by Gasteiger charge is 2.36. The lowest BCUT2D eigenvalue weighted by molar-refractivity contribution is 0.0756. The fourth-order valence-electron chi connectivity index (χ4n) is 3.81. The van der Waals surface area contributed by atoms with Gasteiger partial charge in [-0.15, -0.1) is 0 Å². The second kappa shape index (κ2) is 7.12. The lowest BCUT2D eigenvalue weighted by atomic mass is 9.94. The number of para-hydroxylation sites is 1. The first-order chi connectivity index (χ1) is 13.0. The molecular weight excluding hydrogens is 342 g/mol. The number of oxazole rings is 1. The van der Waals surface area contributed by atoms with E-state index in [1.54, 1.807) is 11.1 Å². The number of rotatable bonds is 4. The fraction of sp³-hybridized carbons (Fsp3) is 0.381. The maximum Gasteiger partial charge on any atom is 0.276 e. The summed E-state index contributed by atoms with van der Waals surface area (Å²) in [6, 6.07) is 9.98. The molecule has 1 aliphatic rings. The molecule has 2 aromatic heterocycles. The van der Waals surface area contributed by atoms with Gasteiger partial charge in [-0.3, -0.25) is 9.78 Å². The smallest absolute Gasteiger partial charge is 0.276 e. The number of aliphatic hydroxyl groups is 1. The highest BCUT2D eigenvalue weighted by molar-refractivity contribution is 5.93. The molecule has 0 radical (unpaired) electrons. The van der Waals surface area contributed by atoms with E-state index in [4.69, 9.17) is 4.42 Å². The lowest BCUT2D eigenvalue weighted by Crippen LogP contribution is -2.30. The Hall–Kier alpha value is -2.73. The number of carbonyl (C=O) groups is 1. The summed E-state index contributed by atoms with van der Waals surface area (Å²) in [5.41, 5.74) is 2.44. The van der Waals surface area contributed by atoms with E-state index < -0.39 is 6.10 Å². The van der Waals surface area contributed by atoms with Gasteiger partial charge in [-0.05, 0) is 24.1 Å². The number of likely N-dealkylation sites (tertiary alicyclic amines) is 1. The van der Waals surface area contributed by atoms with Crippen LogP contribution < -0.4 is 0 Å². The molecule has 1 saturated heterocycles. The number of nitrogens with zero attached hydrogens (tertiary/aromatic N) is 3. The number of hydrogen-bond donors (Lipinski definition) is 1. The molecule has 3 aromatic rings. The molecule has 6 nitrogen and oxygen atoms in total. The van der Waals surface area contributed by atoms with Crippen LogP contribution in [0, 0.1) is 5.92 Å². The third-order valence-corrected chi connectivity index (χ3v) is 5.24. The van der Waals surface area contributed by atoms with Crippen LogP contribution in [-0.4, -0.2) is 45.1 Å². The molecule has 0 spiro atoms. The third kappa shape index (κ3) is 3.32. The van der Waals surface area contributed by atoms with Crippen LogP contribution in [0.25, 0.3) is 10.9 Å². The van der Waals surface area contributed by atoms with Crippen molar-refractivity contribution in [2.24, 2.45) is 5.92 Å². The zero-order valence-electron chi connectivity index (χ0n) is 15.5. The van der Waals surface area contributed by atoms with Crippen molar-refractivity contribution in [3.05, 3.63) is 59.9 Å². The summed E-state index contributed by atoms with van der Waals surface area (Å²) in [6.07, 6.45) is 3.25. The minimum atomic E-state index is -0.560. The lowest BCUT2D eigenvalue weighted by Gasteiger charge is -2.16. The number of benzene rings is 1. The van der Waals surface area contributed by atoms with Gasteiger partial charge in [0.15, 0.2) is 12.1 Å². The van der Waals surface area contributed by atoms with Gasteiger partial charge < -0.3 is 14.4 Å². The van der Waals surface area contributed by atoms with Crippen molar-refractivity contribution in [1.29, 1.82) is 0 Å². The summed E-state index contributed by atoms with van der Waals surface area (Å²) in [7, 11) is 0. The summed E-state index contributed by atoms with van der Waals surface area (Å²) in [5, 5.41) is 11.7. The van der Waals surface area contributed by atoms with E-state index >= 15 is 0 Å². The van der Waals surface area contributed by atoms with E-state index in [1.807, 2.05) is 44.2 Å². The predicted molar refractivity (Wildman–Crippen MR) is 101 cm³/mol. The van der Waals surface area contributed by atoms with Crippen molar-refractivity contribution >= 4 is 16.8 Å². The molecular formula is C21H23N3O3. The second-order valence-electron chi connectivity index (χ2n) is 7.45. The first kappa shape index (κ1) is 17.7. The predicted octanol–water partition coefficient (Wildman–Crippen LogP) is 3.02. The summed E-state index contributed by atoms with van der Waals surface area (Å²) in [5.74, 6) is 0.485. The van der Waals surface area contributed by atoms with Crippen LogP contribution >= 0.6 is 0 Å². The number of aromatic nitrogens is 2. The standard InChI is InChI=1S/C21H23N3O3/c1-13(2)20-19(23-12-27-20)21(26)24-10-15(18(25)11-24)9-14-7-8-22-17-6-4-3-5-16(14)17/h3-8,12-13,15,18,25H,9-11H2,1-2H3/t15-,18+/m1/s1. The van der Waals surface area contributed by atoms with Crippen LogP contribution in [0.1, 0.15) is 41.6 Å². The van der Waals surface area contributed by atoms with Crippen molar-refractivity contribution < 1.29 is 14.3 Å². The number of hydrogen-bond acceptors (Lipinski definition) is 5. The molecule has 2 atom stereocenters. The van der Waals surface area contributed by atoms with Crippen LogP contribution in [0.3, 0.4) is 0 Å². The number of aliphatic hydroxyl groups excluding tert-OH is 1. The van der Waals surface area contributed by atoms with E-state index in [2.05, 4.69) is 9.97 Å². The number of fused-ring (bicyclic) bond motifs is 1. The molecule has 1 aliphatic heterocycles. The SMILES string of the molecule is CC(C)c1ocnc1C(=O)N1C[C@@H](Cc2ccnc3ccccc23)[C@@H](O)C1. The van der Waals surface area contributed by atoms with Gasteiger partial charge >= 0.3 is 0 Å². The van der Waals surface area contributed by atoms with E-state index in [9.17, 15) is 9.90 Å². The van der Waals surface area contributed by atoms with Gasteiger partial charge in [0.2, 0.25) is 0 Å². The maximum atomic E-state index is 12.9. The second-order valence-corrected chi connectivity index (χ2v) is 7.45. The van der Waals surface area contributed by atoms with E-state index in [-0.39, 0.29) is 17.7 Å². The van der Waals surface area contributed by atoms with Crippen molar-refractivity contribution in [3.63, 3.8) is 0 Å². The minimum absolute atomic E-state index is 0.0193.